The predicted octanol–water partition coefficient (Wildman–Crippen LogP) is 10.7. The van der Waals surface area contributed by atoms with Crippen LogP contribution >= 0.6 is 7.26 Å². The van der Waals surface area contributed by atoms with Crippen LogP contribution in [-0.2, 0) is 0 Å². The van der Waals surface area contributed by atoms with E-state index in [-0.39, 0.29) is 0 Å². The van der Waals surface area contributed by atoms with Gasteiger partial charge in [-0.1, -0.05) is 104 Å². The number of allylic oxidation sites excluding steroid dienone is 1. The quantitative estimate of drug-likeness (QED) is 0.0819. The van der Waals surface area contributed by atoms with Crippen molar-refractivity contribution >= 4 is 7.26 Å². The van der Waals surface area contributed by atoms with Gasteiger partial charge < -0.3 is 0 Å². The molecule has 0 rings (SSSR count). The fraction of sp³-hybridized carbons (Fsp3) is 0.929. The maximum Gasteiger partial charge on any atom is 0.0628 e. The summed E-state index contributed by atoms with van der Waals surface area (Å²) in [6.45, 7) is 11.1. The Morgan fingerprint density at radius 2 is 0.759 bits per heavy atom. The number of hydrogen-bond donors (Lipinski definition) is 0. The fourth-order valence-electron chi connectivity index (χ4n) is 4.72. The molecule has 0 heterocycles. The summed E-state index contributed by atoms with van der Waals surface area (Å²) in [5.41, 5.74) is 0. The van der Waals surface area contributed by atoms with E-state index in [0.717, 1.165) is 0 Å². The molecule has 0 atom stereocenters. The average molecular weight is 426 g/mol. The molecule has 0 aromatic carbocycles. The highest BCUT2D eigenvalue weighted by atomic mass is 31.2. The van der Waals surface area contributed by atoms with Crippen molar-refractivity contribution in [2.24, 2.45) is 0 Å². The van der Waals surface area contributed by atoms with Gasteiger partial charge in [0.1, 0.15) is 0 Å². The van der Waals surface area contributed by atoms with Gasteiger partial charge in [-0.15, -0.1) is 6.58 Å². The lowest BCUT2D eigenvalue weighted by atomic mass is 10.1. The molecule has 174 valence electrons. The summed E-state index contributed by atoms with van der Waals surface area (Å²) in [6, 6.07) is 0. The van der Waals surface area contributed by atoms with E-state index in [1.807, 2.05) is 0 Å². The monoisotopic (exact) mass is 425 g/mol. The van der Waals surface area contributed by atoms with Gasteiger partial charge >= 0.3 is 0 Å². The lowest BCUT2D eigenvalue weighted by Crippen LogP contribution is -2.13. The van der Waals surface area contributed by atoms with Crippen molar-refractivity contribution in [3.05, 3.63) is 12.7 Å². The van der Waals surface area contributed by atoms with Gasteiger partial charge in [-0.25, -0.2) is 0 Å². The minimum absolute atomic E-state index is 0.751. The second kappa shape index (κ2) is 22.8. The van der Waals surface area contributed by atoms with Gasteiger partial charge in [0, 0.05) is 7.26 Å². The smallest absolute Gasteiger partial charge is 0.0628 e. The normalized spacial score (nSPS) is 11.8. The Balaban J connectivity index is 4.54. The van der Waals surface area contributed by atoms with Crippen molar-refractivity contribution < 1.29 is 0 Å². The molecule has 0 aliphatic rings. The molecule has 0 saturated heterocycles. The van der Waals surface area contributed by atoms with Crippen LogP contribution in [0.4, 0.5) is 0 Å². The molecule has 1 heteroatoms. The van der Waals surface area contributed by atoms with Crippen molar-refractivity contribution in [1.82, 2.24) is 0 Å². The zero-order valence-corrected chi connectivity index (χ0v) is 21.9. The summed E-state index contributed by atoms with van der Waals surface area (Å²) < 4.78 is 0. The molecule has 0 N–H and O–H groups in total. The van der Waals surface area contributed by atoms with Crippen LogP contribution in [0.2, 0.25) is 0 Å². The molecule has 0 radical (unpaired) electrons. The van der Waals surface area contributed by atoms with Crippen LogP contribution in [0.15, 0.2) is 12.7 Å². The van der Waals surface area contributed by atoms with Crippen molar-refractivity contribution in [3.63, 3.8) is 0 Å². The summed E-state index contributed by atoms with van der Waals surface area (Å²) in [5, 5.41) is 0. The van der Waals surface area contributed by atoms with Gasteiger partial charge in [0.05, 0.1) is 24.6 Å². The molecule has 0 fully saturated rings. The van der Waals surface area contributed by atoms with E-state index in [2.05, 4.69) is 33.4 Å². The van der Waals surface area contributed by atoms with Crippen LogP contribution in [-0.4, -0.2) is 24.6 Å². The first-order valence-corrected chi connectivity index (χ1v) is 16.2. The Kier molecular flexibility index (Phi) is 23.0. The van der Waals surface area contributed by atoms with Crippen LogP contribution in [0.1, 0.15) is 143 Å². The zero-order chi connectivity index (χ0) is 21.5. The molecule has 0 saturated carbocycles. The Bertz CT molecular complexity index is 281. The molecular weight excluding hydrogens is 367 g/mol. The van der Waals surface area contributed by atoms with E-state index >= 15 is 0 Å². The molecular formula is C28H58P+. The molecule has 0 nitrogen and oxygen atoms in total. The second-order valence-corrected chi connectivity index (χ2v) is 14.1. The first kappa shape index (κ1) is 29.2. The highest BCUT2D eigenvalue weighted by Gasteiger charge is 2.34. The Labute approximate surface area is 187 Å². The summed E-state index contributed by atoms with van der Waals surface area (Å²) in [6.07, 6.45) is 36.0. The third-order valence-electron chi connectivity index (χ3n) is 6.77. The molecule has 0 unspecified atom stereocenters. The molecule has 0 spiro atoms. The van der Waals surface area contributed by atoms with E-state index in [1.54, 1.807) is 18.5 Å². The Hall–Kier alpha value is 0.170. The lowest BCUT2D eigenvalue weighted by molar-refractivity contribution is 0.615. The molecule has 0 aromatic heterocycles. The predicted molar refractivity (Wildman–Crippen MR) is 141 cm³/mol. The van der Waals surface area contributed by atoms with E-state index < -0.39 is 7.26 Å². The van der Waals surface area contributed by atoms with Crippen LogP contribution in [0.5, 0.6) is 0 Å². The zero-order valence-electron chi connectivity index (χ0n) is 21.0. The highest BCUT2D eigenvalue weighted by molar-refractivity contribution is 7.75. The van der Waals surface area contributed by atoms with Crippen LogP contribution in [0.3, 0.4) is 0 Å². The summed E-state index contributed by atoms with van der Waals surface area (Å²) in [7, 11) is -0.751. The van der Waals surface area contributed by atoms with Gasteiger partial charge in [0.25, 0.3) is 0 Å². The lowest BCUT2D eigenvalue weighted by Gasteiger charge is -2.28. The van der Waals surface area contributed by atoms with E-state index in [4.69, 9.17) is 0 Å². The standard InChI is InChI=1S/C28H58P/c1-5-9-13-16-19-22-26-29(25-12-8-4,27-23-20-17-14-10-6-2)28-24-21-18-15-11-7-3/h8H,4-7,9-28H2,1-3H3/q+1. The average Bonchev–Trinajstić information content (AvgIpc) is 2.74. The van der Waals surface area contributed by atoms with Gasteiger partial charge in [-0.3, -0.25) is 0 Å². The van der Waals surface area contributed by atoms with Crippen LogP contribution < -0.4 is 0 Å². The Morgan fingerprint density at radius 1 is 0.448 bits per heavy atom. The van der Waals surface area contributed by atoms with Crippen molar-refractivity contribution in [3.8, 4) is 0 Å². The minimum atomic E-state index is -0.751. The summed E-state index contributed by atoms with van der Waals surface area (Å²) in [4.78, 5) is 0. The van der Waals surface area contributed by atoms with Gasteiger partial charge in [-0.2, -0.15) is 0 Å². The highest BCUT2D eigenvalue weighted by Crippen LogP contribution is 2.61. The summed E-state index contributed by atoms with van der Waals surface area (Å²) in [5.74, 6) is 0. The SMILES string of the molecule is C=CCC[P+](CCCCCCCC)(CCCCCCCC)CCCCCCCC. The Morgan fingerprint density at radius 3 is 1.07 bits per heavy atom. The fourth-order valence-corrected chi connectivity index (χ4v) is 9.47. The number of hydrogen-bond acceptors (Lipinski definition) is 0. The third kappa shape index (κ3) is 18.6. The maximum atomic E-state index is 4.07. The number of rotatable bonds is 24. The largest absolute Gasteiger partial charge is 0.103 e. The second-order valence-electron chi connectivity index (χ2n) is 9.62. The molecule has 0 aromatic rings. The van der Waals surface area contributed by atoms with Crippen LogP contribution in [0.25, 0.3) is 0 Å². The third-order valence-corrected chi connectivity index (χ3v) is 11.8. The van der Waals surface area contributed by atoms with Crippen molar-refractivity contribution in [2.45, 2.75) is 143 Å². The van der Waals surface area contributed by atoms with E-state index in [0.29, 0.717) is 0 Å². The first-order chi connectivity index (χ1) is 14.2. The van der Waals surface area contributed by atoms with Gasteiger partial charge in [0.2, 0.25) is 0 Å². The van der Waals surface area contributed by atoms with E-state index in [9.17, 15) is 0 Å². The van der Waals surface area contributed by atoms with Crippen molar-refractivity contribution in [2.75, 3.05) is 24.6 Å². The number of unbranched alkanes of at least 4 members (excludes halogenated alkanes) is 15. The van der Waals surface area contributed by atoms with Gasteiger partial charge in [-0.05, 0) is 44.9 Å². The molecule has 0 amide bonds. The van der Waals surface area contributed by atoms with Gasteiger partial charge in [0.15, 0.2) is 0 Å². The minimum Gasteiger partial charge on any atom is -0.103 e. The topological polar surface area (TPSA) is 0 Å². The van der Waals surface area contributed by atoms with Crippen LogP contribution in [0, 0.1) is 0 Å². The van der Waals surface area contributed by atoms with Crippen molar-refractivity contribution in [1.29, 1.82) is 0 Å². The summed E-state index contributed by atoms with van der Waals surface area (Å²) >= 11 is 0. The molecule has 0 aliphatic carbocycles. The first-order valence-electron chi connectivity index (χ1n) is 13.7. The maximum absolute atomic E-state index is 4.07. The van der Waals surface area contributed by atoms with E-state index in [1.165, 1.54) is 128 Å². The molecule has 29 heavy (non-hydrogen) atoms. The molecule has 0 bridgehead atoms. The molecule has 0 aliphatic heterocycles.